The molecule has 0 aliphatic heterocycles. The highest BCUT2D eigenvalue weighted by Crippen LogP contribution is 2.35. The van der Waals surface area contributed by atoms with Gasteiger partial charge in [0.25, 0.3) is 0 Å². The molecule has 0 bridgehead atoms. The molecule has 1 fully saturated rings. The van der Waals surface area contributed by atoms with E-state index in [4.69, 9.17) is 5.73 Å². The molecule has 1 aliphatic carbocycles. The lowest BCUT2D eigenvalue weighted by Crippen LogP contribution is -2.02. The van der Waals surface area contributed by atoms with E-state index >= 15 is 0 Å². The molecule has 14 heavy (non-hydrogen) atoms. The van der Waals surface area contributed by atoms with E-state index < -0.39 is 0 Å². The molecule has 0 heterocycles. The fourth-order valence-electron chi connectivity index (χ4n) is 1.67. The van der Waals surface area contributed by atoms with Crippen molar-refractivity contribution in [3.8, 4) is 0 Å². The first-order valence-electron chi connectivity index (χ1n) is 4.86. The van der Waals surface area contributed by atoms with Gasteiger partial charge >= 0.3 is 0 Å². The summed E-state index contributed by atoms with van der Waals surface area (Å²) in [7, 11) is 0. The van der Waals surface area contributed by atoms with Crippen molar-refractivity contribution in [3.05, 3.63) is 39.0 Å². The Morgan fingerprint density at radius 2 is 2.00 bits per heavy atom. The van der Waals surface area contributed by atoms with Crippen LogP contribution >= 0.6 is 22.6 Å². The van der Waals surface area contributed by atoms with Crippen molar-refractivity contribution < 1.29 is 0 Å². The van der Waals surface area contributed by atoms with Gasteiger partial charge in [0, 0.05) is 9.61 Å². The monoisotopic (exact) mass is 299 g/mol. The van der Waals surface area contributed by atoms with Gasteiger partial charge in [-0.25, -0.2) is 0 Å². The SMILES string of the molecule is CC(=Cc1ccc(I)cc1)C1CC1N. The molecular weight excluding hydrogens is 285 g/mol. The van der Waals surface area contributed by atoms with E-state index in [9.17, 15) is 0 Å². The minimum absolute atomic E-state index is 0.412. The van der Waals surface area contributed by atoms with Crippen molar-refractivity contribution in [1.82, 2.24) is 0 Å². The van der Waals surface area contributed by atoms with Gasteiger partial charge in [0.1, 0.15) is 0 Å². The summed E-state index contributed by atoms with van der Waals surface area (Å²) in [5, 5.41) is 0. The number of nitrogens with two attached hydrogens (primary N) is 1. The van der Waals surface area contributed by atoms with Crippen LogP contribution in [0.15, 0.2) is 29.8 Å². The molecule has 2 atom stereocenters. The molecule has 0 radical (unpaired) electrons. The van der Waals surface area contributed by atoms with Crippen molar-refractivity contribution >= 4 is 28.7 Å². The highest BCUT2D eigenvalue weighted by atomic mass is 127. The van der Waals surface area contributed by atoms with E-state index in [0.29, 0.717) is 12.0 Å². The predicted molar refractivity (Wildman–Crippen MR) is 68.9 cm³/mol. The van der Waals surface area contributed by atoms with E-state index in [1.54, 1.807) is 0 Å². The molecular formula is C12H14IN. The van der Waals surface area contributed by atoms with Gasteiger partial charge in [-0.05, 0) is 59.5 Å². The van der Waals surface area contributed by atoms with Gasteiger partial charge in [0.15, 0.2) is 0 Å². The number of rotatable bonds is 2. The molecule has 0 spiro atoms. The average molecular weight is 299 g/mol. The number of benzene rings is 1. The molecule has 1 aromatic rings. The maximum atomic E-state index is 5.80. The second-order valence-electron chi connectivity index (χ2n) is 3.95. The molecule has 1 saturated carbocycles. The van der Waals surface area contributed by atoms with Gasteiger partial charge in [0.05, 0.1) is 0 Å². The summed E-state index contributed by atoms with van der Waals surface area (Å²) in [6.07, 6.45) is 3.40. The minimum Gasteiger partial charge on any atom is -0.327 e. The molecule has 1 aromatic carbocycles. The summed E-state index contributed by atoms with van der Waals surface area (Å²) in [5.41, 5.74) is 8.50. The van der Waals surface area contributed by atoms with E-state index in [1.807, 2.05) is 0 Å². The largest absolute Gasteiger partial charge is 0.327 e. The number of hydrogen-bond donors (Lipinski definition) is 1. The summed E-state index contributed by atoms with van der Waals surface area (Å²) in [6.45, 7) is 2.18. The summed E-state index contributed by atoms with van der Waals surface area (Å²) >= 11 is 2.32. The van der Waals surface area contributed by atoms with Gasteiger partial charge in [-0.15, -0.1) is 0 Å². The molecule has 0 amide bonds. The van der Waals surface area contributed by atoms with Gasteiger partial charge in [0.2, 0.25) is 0 Å². The van der Waals surface area contributed by atoms with Crippen LogP contribution in [0.3, 0.4) is 0 Å². The second kappa shape index (κ2) is 4.03. The van der Waals surface area contributed by atoms with Gasteiger partial charge in [-0.3, -0.25) is 0 Å². The number of hydrogen-bond acceptors (Lipinski definition) is 1. The Hall–Kier alpha value is -0.350. The third kappa shape index (κ3) is 2.36. The lowest BCUT2D eigenvalue weighted by atomic mass is 10.1. The van der Waals surface area contributed by atoms with Crippen molar-refractivity contribution in [1.29, 1.82) is 0 Å². The van der Waals surface area contributed by atoms with Crippen LogP contribution < -0.4 is 5.73 Å². The summed E-state index contributed by atoms with van der Waals surface area (Å²) in [6, 6.07) is 8.98. The van der Waals surface area contributed by atoms with Gasteiger partial charge < -0.3 is 5.73 Å². The highest BCUT2D eigenvalue weighted by Gasteiger charge is 2.34. The van der Waals surface area contributed by atoms with E-state index in [2.05, 4.69) is 59.9 Å². The molecule has 0 saturated heterocycles. The Morgan fingerprint density at radius 1 is 1.43 bits per heavy atom. The van der Waals surface area contributed by atoms with E-state index in [0.717, 1.165) is 6.42 Å². The first kappa shape index (κ1) is 10.2. The molecule has 1 aliphatic rings. The zero-order valence-electron chi connectivity index (χ0n) is 8.20. The lowest BCUT2D eigenvalue weighted by Gasteiger charge is -1.99. The highest BCUT2D eigenvalue weighted by molar-refractivity contribution is 14.1. The number of halogens is 1. The van der Waals surface area contributed by atoms with Crippen LogP contribution in [0.1, 0.15) is 18.9 Å². The zero-order valence-corrected chi connectivity index (χ0v) is 10.4. The maximum absolute atomic E-state index is 5.80. The molecule has 2 unspecified atom stereocenters. The third-order valence-corrected chi connectivity index (χ3v) is 3.41. The summed E-state index contributed by atoms with van der Waals surface area (Å²) < 4.78 is 1.28. The molecule has 0 aromatic heterocycles. The van der Waals surface area contributed by atoms with Crippen molar-refractivity contribution in [2.24, 2.45) is 11.7 Å². The Kier molecular flexibility index (Phi) is 2.93. The Morgan fingerprint density at radius 3 is 2.50 bits per heavy atom. The van der Waals surface area contributed by atoms with Crippen LogP contribution in [0.25, 0.3) is 6.08 Å². The second-order valence-corrected chi connectivity index (χ2v) is 5.19. The summed E-state index contributed by atoms with van der Waals surface area (Å²) in [4.78, 5) is 0. The van der Waals surface area contributed by atoms with Crippen LogP contribution in [0, 0.1) is 9.49 Å². The van der Waals surface area contributed by atoms with Crippen molar-refractivity contribution in [2.75, 3.05) is 0 Å². The van der Waals surface area contributed by atoms with Gasteiger partial charge in [-0.1, -0.05) is 23.8 Å². The van der Waals surface area contributed by atoms with Crippen LogP contribution in [0.4, 0.5) is 0 Å². The Balaban J connectivity index is 2.12. The average Bonchev–Trinajstić information content (AvgIpc) is 2.87. The molecule has 1 nitrogen and oxygen atoms in total. The molecule has 2 N–H and O–H groups in total. The first-order chi connectivity index (χ1) is 6.66. The van der Waals surface area contributed by atoms with Crippen molar-refractivity contribution in [2.45, 2.75) is 19.4 Å². The van der Waals surface area contributed by atoms with Crippen LogP contribution in [-0.2, 0) is 0 Å². The smallest absolute Gasteiger partial charge is 0.0130 e. The Bertz CT molecular complexity index is 353. The summed E-state index contributed by atoms with van der Waals surface area (Å²) in [5.74, 6) is 0.634. The molecule has 2 heteroatoms. The van der Waals surface area contributed by atoms with Crippen LogP contribution in [-0.4, -0.2) is 6.04 Å². The fourth-order valence-corrected chi connectivity index (χ4v) is 2.03. The maximum Gasteiger partial charge on any atom is 0.0130 e. The standard InChI is InChI=1S/C12H14IN/c1-8(11-7-12(11)14)6-9-2-4-10(13)5-3-9/h2-6,11-12H,7,14H2,1H3. The van der Waals surface area contributed by atoms with E-state index in [-0.39, 0.29) is 0 Å². The first-order valence-corrected chi connectivity index (χ1v) is 5.94. The Labute approximate surface area is 98.5 Å². The normalized spacial score (nSPS) is 26.4. The topological polar surface area (TPSA) is 26.0 Å². The minimum atomic E-state index is 0.412. The van der Waals surface area contributed by atoms with Crippen molar-refractivity contribution in [3.63, 3.8) is 0 Å². The van der Waals surface area contributed by atoms with E-state index in [1.165, 1.54) is 14.7 Å². The quantitative estimate of drug-likeness (QED) is 0.835. The third-order valence-electron chi connectivity index (χ3n) is 2.69. The molecule has 74 valence electrons. The zero-order chi connectivity index (χ0) is 10.1. The van der Waals surface area contributed by atoms with Crippen LogP contribution in [0.5, 0.6) is 0 Å². The van der Waals surface area contributed by atoms with Crippen LogP contribution in [0.2, 0.25) is 0 Å². The fraction of sp³-hybridized carbons (Fsp3) is 0.333. The predicted octanol–water partition coefficient (Wildman–Crippen LogP) is 3.04. The van der Waals surface area contributed by atoms with Gasteiger partial charge in [-0.2, -0.15) is 0 Å². The lowest BCUT2D eigenvalue weighted by molar-refractivity contribution is 0.924. The molecule has 2 rings (SSSR count).